The van der Waals surface area contributed by atoms with E-state index in [4.69, 9.17) is 9.84 Å². The average molecular weight is 322 g/mol. The molecule has 0 bridgehead atoms. The van der Waals surface area contributed by atoms with Gasteiger partial charge in [-0.3, -0.25) is 0 Å². The molecule has 0 unspecified atom stereocenters. The van der Waals surface area contributed by atoms with Crippen LogP contribution in [0.3, 0.4) is 0 Å². The summed E-state index contributed by atoms with van der Waals surface area (Å²) in [7, 11) is 4.26. The molecule has 0 aliphatic heterocycles. The summed E-state index contributed by atoms with van der Waals surface area (Å²) < 4.78 is 6.92. The molecule has 0 spiro atoms. The molecule has 0 amide bonds. The Kier molecular flexibility index (Phi) is 12.8. The molecule has 0 saturated heterocycles. The second-order valence-electron chi connectivity index (χ2n) is 7.06. The first-order valence-corrected chi connectivity index (χ1v) is 8.68. The number of aliphatic hydroxyl groups excluding tert-OH is 1. The topological polar surface area (TPSA) is 29.5 Å². The first kappa shape index (κ1) is 21.2. The van der Waals surface area contributed by atoms with Crippen LogP contribution < -0.4 is 12.4 Å². The summed E-state index contributed by atoms with van der Waals surface area (Å²) >= 11 is 0. The number of hydrogen-bond donors (Lipinski definition) is 1. The van der Waals surface area contributed by atoms with E-state index in [9.17, 15) is 0 Å². The zero-order valence-electron chi connectivity index (χ0n) is 14.2. The highest BCUT2D eigenvalue weighted by atomic mass is 35.5. The molecule has 1 fully saturated rings. The zero-order valence-corrected chi connectivity index (χ0v) is 14.9. The molecule has 3 nitrogen and oxygen atoms in total. The smallest absolute Gasteiger partial charge is 0.183 e. The van der Waals surface area contributed by atoms with Crippen molar-refractivity contribution in [3.63, 3.8) is 0 Å². The summed E-state index contributed by atoms with van der Waals surface area (Å²) in [6.07, 6.45) is 15.3. The van der Waals surface area contributed by atoms with Crippen molar-refractivity contribution in [2.45, 2.75) is 76.7 Å². The van der Waals surface area contributed by atoms with E-state index in [-0.39, 0.29) is 19.0 Å². The van der Waals surface area contributed by atoms with Crippen molar-refractivity contribution in [2.24, 2.45) is 0 Å². The Bertz CT molecular complexity index is 225. The normalized spacial score (nSPS) is 20.1. The minimum absolute atomic E-state index is 0. The van der Waals surface area contributed by atoms with Gasteiger partial charge in [-0.1, -0.05) is 57.8 Å². The van der Waals surface area contributed by atoms with Crippen molar-refractivity contribution in [1.82, 2.24) is 0 Å². The van der Waals surface area contributed by atoms with E-state index < -0.39 is 0 Å². The minimum atomic E-state index is 0. The van der Waals surface area contributed by atoms with Crippen LogP contribution in [-0.4, -0.2) is 49.7 Å². The first-order valence-electron chi connectivity index (χ1n) is 8.68. The van der Waals surface area contributed by atoms with Gasteiger partial charge >= 0.3 is 0 Å². The van der Waals surface area contributed by atoms with Gasteiger partial charge in [0.25, 0.3) is 0 Å². The molecule has 21 heavy (non-hydrogen) atoms. The predicted molar refractivity (Wildman–Crippen MR) is 84.6 cm³/mol. The van der Waals surface area contributed by atoms with E-state index >= 15 is 0 Å². The van der Waals surface area contributed by atoms with Crippen LogP contribution in [0, 0.1) is 0 Å². The summed E-state index contributed by atoms with van der Waals surface area (Å²) in [6, 6.07) is 0. The highest BCUT2D eigenvalue weighted by molar-refractivity contribution is 4.61. The SMILES string of the molecule is C[N+](C)(CCO)COC1CCCCCCCCCCC1.[Cl-]. The summed E-state index contributed by atoms with van der Waals surface area (Å²) in [5.74, 6) is 0. The van der Waals surface area contributed by atoms with Gasteiger partial charge in [0.1, 0.15) is 6.54 Å². The van der Waals surface area contributed by atoms with Crippen LogP contribution in [0.4, 0.5) is 0 Å². The number of rotatable bonds is 5. The molecule has 0 atom stereocenters. The van der Waals surface area contributed by atoms with Gasteiger partial charge in [-0.25, -0.2) is 0 Å². The van der Waals surface area contributed by atoms with Crippen LogP contribution in [0.15, 0.2) is 0 Å². The number of aliphatic hydroxyl groups is 1. The largest absolute Gasteiger partial charge is 1.00 e. The van der Waals surface area contributed by atoms with Crippen LogP contribution in [0.25, 0.3) is 0 Å². The zero-order chi connectivity index (χ0) is 14.7. The third-order valence-corrected chi connectivity index (χ3v) is 4.42. The lowest BCUT2D eigenvalue weighted by Gasteiger charge is -2.30. The molecule has 1 N–H and O–H groups in total. The van der Waals surface area contributed by atoms with Crippen molar-refractivity contribution >= 4 is 0 Å². The second-order valence-corrected chi connectivity index (χ2v) is 7.06. The van der Waals surface area contributed by atoms with E-state index in [2.05, 4.69) is 14.1 Å². The van der Waals surface area contributed by atoms with Crippen molar-refractivity contribution in [2.75, 3.05) is 34.0 Å². The van der Waals surface area contributed by atoms with Crippen LogP contribution in [-0.2, 0) is 4.74 Å². The van der Waals surface area contributed by atoms with Gasteiger partial charge in [0.2, 0.25) is 0 Å². The molecule has 1 saturated carbocycles. The lowest BCUT2D eigenvalue weighted by Crippen LogP contribution is -3.00. The number of hydrogen-bond acceptors (Lipinski definition) is 2. The van der Waals surface area contributed by atoms with E-state index in [1.54, 1.807) is 0 Å². The molecule has 0 heterocycles. The predicted octanol–water partition coefficient (Wildman–Crippen LogP) is 0.707. The maximum atomic E-state index is 9.08. The van der Waals surface area contributed by atoms with Crippen LogP contribution in [0.2, 0.25) is 0 Å². The summed E-state index contributed by atoms with van der Waals surface area (Å²) in [5, 5.41) is 9.08. The van der Waals surface area contributed by atoms with Gasteiger partial charge in [0.05, 0.1) is 26.8 Å². The van der Waals surface area contributed by atoms with Crippen molar-refractivity contribution in [3.8, 4) is 0 Å². The monoisotopic (exact) mass is 321 g/mol. The molecule has 1 aliphatic carbocycles. The van der Waals surface area contributed by atoms with E-state index in [0.717, 1.165) is 17.8 Å². The second kappa shape index (κ2) is 12.7. The standard InChI is InChI=1S/C17H36NO2.ClH/c1-18(2,14-15-19)16-20-17-12-10-8-6-4-3-5-7-9-11-13-17;/h17,19H,3-16H2,1-2H3;1H/q+1;/p-1. The van der Waals surface area contributed by atoms with E-state index in [1.807, 2.05) is 0 Å². The maximum absolute atomic E-state index is 9.08. The van der Waals surface area contributed by atoms with Crippen molar-refractivity contribution in [1.29, 1.82) is 0 Å². The number of likely N-dealkylation sites (N-methyl/N-ethyl adjacent to an activating group) is 1. The molecule has 128 valence electrons. The molecular formula is C17H36ClNO2. The first-order chi connectivity index (χ1) is 9.64. The van der Waals surface area contributed by atoms with Crippen molar-refractivity contribution < 1.29 is 26.7 Å². The molecule has 0 aromatic heterocycles. The average Bonchev–Trinajstić information content (AvgIpc) is 2.38. The fourth-order valence-electron chi connectivity index (χ4n) is 2.93. The Morgan fingerprint density at radius 2 is 1.29 bits per heavy atom. The molecule has 0 radical (unpaired) electrons. The minimum Gasteiger partial charge on any atom is -1.00 e. The van der Waals surface area contributed by atoms with Gasteiger partial charge in [-0.2, -0.15) is 0 Å². The molecule has 1 rings (SSSR count). The Balaban J connectivity index is 0.00000400. The lowest BCUT2D eigenvalue weighted by molar-refractivity contribution is -0.910. The molecular weight excluding hydrogens is 286 g/mol. The summed E-state index contributed by atoms with van der Waals surface area (Å²) in [4.78, 5) is 0. The third kappa shape index (κ3) is 11.4. The van der Waals surface area contributed by atoms with Crippen LogP contribution in [0.1, 0.15) is 70.6 Å². The van der Waals surface area contributed by atoms with Crippen LogP contribution in [0.5, 0.6) is 0 Å². The summed E-state index contributed by atoms with van der Waals surface area (Å²) in [6.45, 7) is 1.74. The van der Waals surface area contributed by atoms with E-state index in [0.29, 0.717) is 6.10 Å². The van der Waals surface area contributed by atoms with E-state index in [1.165, 1.54) is 70.6 Å². The quantitative estimate of drug-likeness (QED) is 0.597. The summed E-state index contributed by atoms with van der Waals surface area (Å²) in [5.41, 5.74) is 0. The number of halogens is 1. The number of quaternary nitrogens is 1. The Morgan fingerprint density at radius 3 is 1.71 bits per heavy atom. The van der Waals surface area contributed by atoms with Crippen LogP contribution >= 0.6 is 0 Å². The number of nitrogens with zero attached hydrogens (tertiary/aromatic N) is 1. The highest BCUT2D eigenvalue weighted by Gasteiger charge is 2.18. The Labute approximate surface area is 138 Å². The lowest BCUT2D eigenvalue weighted by atomic mass is 9.99. The van der Waals surface area contributed by atoms with Gasteiger partial charge < -0.3 is 26.7 Å². The van der Waals surface area contributed by atoms with Gasteiger partial charge in [-0.15, -0.1) is 0 Å². The third-order valence-electron chi connectivity index (χ3n) is 4.42. The molecule has 0 aromatic carbocycles. The number of ether oxygens (including phenoxy) is 1. The van der Waals surface area contributed by atoms with Gasteiger partial charge in [0, 0.05) is 0 Å². The maximum Gasteiger partial charge on any atom is 0.183 e. The molecule has 0 aromatic rings. The molecule has 1 aliphatic rings. The van der Waals surface area contributed by atoms with Crippen molar-refractivity contribution in [3.05, 3.63) is 0 Å². The fraction of sp³-hybridized carbons (Fsp3) is 1.00. The van der Waals surface area contributed by atoms with Gasteiger partial charge in [-0.05, 0) is 12.8 Å². The Hall–Kier alpha value is 0.170. The Morgan fingerprint density at radius 1 is 0.857 bits per heavy atom. The fourth-order valence-corrected chi connectivity index (χ4v) is 2.93. The molecule has 4 heteroatoms. The highest BCUT2D eigenvalue weighted by Crippen LogP contribution is 2.19. The van der Waals surface area contributed by atoms with Gasteiger partial charge in [0.15, 0.2) is 6.73 Å².